The monoisotopic (exact) mass is 326 g/mol. The van der Waals surface area contributed by atoms with Crippen LogP contribution in [0.3, 0.4) is 0 Å². The van der Waals surface area contributed by atoms with Crippen LogP contribution in [0.2, 0.25) is 0 Å². The second-order valence-electron chi connectivity index (χ2n) is 6.69. The van der Waals surface area contributed by atoms with Crippen LogP contribution in [-0.2, 0) is 6.54 Å². The van der Waals surface area contributed by atoms with E-state index >= 15 is 0 Å². The number of furan rings is 1. The Morgan fingerprint density at radius 1 is 1.17 bits per heavy atom. The number of pyridine rings is 1. The fraction of sp³-hybridized carbons (Fsp3) is 0.500. The lowest BCUT2D eigenvalue weighted by Gasteiger charge is -2.26. The number of nitrogens with zero attached hydrogens (tertiary/aromatic N) is 4. The number of aryl methyl sites for hydroxylation is 2. The van der Waals surface area contributed by atoms with Crippen LogP contribution in [0.15, 0.2) is 21.6 Å². The molecule has 0 aliphatic carbocycles. The van der Waals surface area contributed by atoms with E-state index in [1.807, 2.05) is 19.9 Å². The molecule has 0 aromatic carbocycles. The van der Waals surface area contributed by atoms with Gasteiger partial charge in [0.05, 0.1) is 11.7 Å². The molecule has 0 unspecified atom stereocenters. The van der Waals surface area contributed by atoms with Gasteiger partial charge in [0.15, 0.2) is 0 Å². The largest absolute Gasteiger partial charge is 0.430 e. The molecule has 4 heterocycles. The van der Waals surface area contributed by atoms with Crippen LogP contribution in [0, 0.1) is 13.8 Å². The third-order valence-electron chi connectivity index (χ3n) is 4.85. The van der Waals surface area contributed by atoms with Gasteiger partial charge in [0, 0.05) is 18.8 Å². The van der Waals surface area contributed by atoms with Crippen molar-refractivity contribution in [2.75, 3.05) is 19.6 Å². The van der Waals surface area contributed by atoms with Gasteiger partial charge in [0.25, 0.3) is 5.56 Å². The summed E-state index contributed by atoms with van der Waals surface area (Å²) in [6.45, 7) is 7.68. The standard InChI is InChI=1S/C18H22N4O2/c1-12-10-13(2)20-17-14(12)15-16(24-17)18(23)22(11-19-15)9-8-21-6-4-3-5-7-21/h10-11H,3-9H2,1-2H3. The molecule has 6 nitrogen and oxygen atoms in total. The van der Waals surface area contributed by atoms with Crippen LogP contribution in [0.25, 0.3) is 22.2 Å². The van der Waals surface area contributed by atoms with Gasteiger partial charge in [-0.2, -0.15) is 0 Å². The van der Waals surface area contributed by atoms with Gasteiger partial charge in [0.2, 0.25) is 11.3 Å². The van der Waals surface area contributed by atoms with E-state index in [-0.39, 0.29) is 5.56 Å². The zero-order chi connectivity index (χ0) is 16.7. The summed E-state index contributed by atoms with van der Waals surface area (Å²) >= 11 is 0. The number of hydrogen-bond donors (Lipinski definition) is 0. The van der Waals surface area contributed by atoms with Crippen LogP contribution < -0.4 is 5.56 Å². The van der Waals surface area contributed by atoms with Gasteiger partial charge in [-0.15, -0.1) is 0 Å². The molecule has 0 spiro atoms. The fourth-order valence-corrected chi connectivity index (χ4v) is 3.59. The lowest BCUT2D eigenvalue weighted by molar-refractivity contribution is 0.220. The molecule has 1 saturated heterocycles. The summed E-state index contributed by atoms with van der Waals surface area (Å²) in [6, 6.07) is 1.99. The van der Waals surface area contributed by atoms with Crippen molar-refractivity contribution in [2.24, 2.45) is 0 Å². The van der Waals surface area contributed by atoms with Gasteiger partial charge < -0.3 is 9.32 Å². The Kier molecular flexibility index (Phi) is 3.84. The first-order valence-corrected chi connectivity index (χ1v) is 8.62. The number of likely N-dealkylation sites (tertiary alicyclic amines) is 1. The molecule has 4 rings (SSSR count). The summed E-state index contributed by atoms with van der Waals surface area (Å²) in [7, 11) is 0. The van der Waals surface area contributed by atoms with E-state index in [0.717, 1.165) is 36.3 Å². The molecule has 126 valence electrons. The SMILES string of the molecule is Cc1cc(C)c2c(n1)oc1c(=O)n(CCN3CCCCC3)cnc12. The molecule has 6 heteroatoms. The third-order valence-corrected chi connectivity index (χ3v) is 4.85. The third kappa shape index (κ3) is 2.60. The minimum Gasteiger partial charge on any atom is -0.430 e. The Bertz CT molecular complexity index is 951. The zero-order valence-corrected chi connectivity index (χ0v) is 14.2. The van der Waals surface area contributed by atoms with E-state index in [1.54, 1.807) is 10.9 Å². The number of piperidine rings is 1. The Balaban J connectivity index is 1.71. The molecule has 1 aliphatic rings. The molecular formula is C18H22N4O2. The van der Waals surface area contributed by atoms with E-state index in [1.165, 1.54) is 19.3 Å². The topological polar surface area (TPSA) is 64.2 Å². The normalized spacial score (nSPS) is 16.2. The van der Waals surface area contributed by atoms with Crippen LogP contribution >= 0.6 is 0 Å². The Hall–Kier alpha value is -2.21. The van der Waals surface area contributed by atoms with Crippen LogP contribution in [-0.4, -0.2) is 39.1 Å². The fourth-order valence-electron chi connectivity index (χ4n) is 3.59. The van der Waals surface area contributed by atoms with Crippen LogP contribution in [0.4, 0.5) is 0 Å². The molecule has 0 saturated carbocycles. The maximum absolute atomic E-state index is 12.7. The number of hydrogen-bond acceptors (Lipinski definition) is 5. The Morgan fingerprint density at radius 3 is 2.75 bits per heavy atom. The summed E-state index contributed by atoms with van der Waals surface area (Å²) in [4.78, 5) is 24.1. The van der Waals surface area contributed by atoms with Crippen molar-refractivity contribution in [2.45, 2.75) is 39.7 Å². The van der Waals surface area contributed by atoms with Crippen molar-refractivity contribution in [3.63, 3.8) is 0 Å². The number of fused-ring (bicyclic) bond motifs is 3. The molecule has 0 N–H and O–H groups in total. The molecular weight excluding hydrogens is 304 g/mol. The summed E-state index contributed by atoms with van der Waals surface area (Å²) in [5, 5.41) is 0.843. The molecule has 0 atom stereocenters. The van der Waals surface area contributed by atoms with Crippen LogP contribution in [0.5, 0.6) is 0 Å². The first-order valence-electron chi connectivity index (χ1n) is 8.62. The summed E-state index contributed by atoms with van der Waals surface area (Å²) < 4.78 is 7.41. The molecule has 24 heavy (non-hydrogen) atoms. The molecule has 1 aliphatic heterocycles. The lowest BCUT2D eigenvalue weighted by Crippen LogP contribution is -2.34. The van der Waals surface area contributed by atoms with Gasteiger partial charge in [0.1, 0.15) is 5.52 Å². The van der Waals surface area contributed by atoms with Gasteiger partial charge >= 0.3 is 0 Å². The van der Waals surface area contributed by atoms with E-state index in [4.69, 9.17) is 4.42 Å². The van der Waals surface area contributed by atoms with Crippen molar-refractivity contribution in [1.82, 2.24) is 19.4 Å². The van der Waals surface area contributed by atoms with Crippen molar-refractivity contribution < 1.29 is 4.42 Å². The second-order valence-corrected chi connectivity index (χ2v) is 6.69. The van der Waals surface area contributed by atoms with Gasteiger partial charge in [-0.25, -0.2) is 9.97 Å². The van der Waals surface area contributed by atoms with Crippen LogP contribution in [0.1, 0.15) is 30.5 Å². The number of rotatable bonds is 3. The van der Waals surface area contributed by atoms with Crippen molar-refractivity contribution in [3.8, 4) is 0 Å². The highest BCUT2D eigenvalue weighted by atomic mass is 16.3. The van der Waals surface area contributed by atoms with E-state index in [0.29, 0.717) is 23.4 Å². The highest BCUT2D eigenvalue weighted by Gasteiger charge is 2.17. The molecule has 3 aromatic heterocycles. The first-order chi connectivity index (χ1) is 11.6. The minimum absolute atomic E-state index is 0.118. The molecule has 1 fully saturated rings. The molecule has 0 amide bonds. The maximum atomic E-state index is 12.7. The quantitative estimate of drug-likeness (QED) is 0.740. The molecule has 0 radical (unpaired) electrons. The second kappa shape index (κ2) is 6.02. The first kappa shape index (κ1) is 15.3. The average molecular weight is 326 g/mol. The predicted molar refractivity (Wildman–Crippen MR) is 93.3 cm³/mol. The molecule has 0 bridgehead atoms. The minimum atomic E-state index is -0.118. The van der Waals surface area contributed by atoms with Gasteiger partial charge in [-0.05, 0) is 51.4 Å². The summed E-state index contributed by atoms with van der Waals surface area (Å²) in [6.07, 6.45) is 5.46. The Morgan fingerprint density at radius 2 is 1.96 bits per heavy atom. The highest BCUT2D eigenvalue weighted by molar-refractivity contribution is 6.02. The van der Waals surface area contributed by atoms with Gasteiger partial charge in [-0.3, -0.25) is 9.36 Å². The van der Waals surface area contributed by atoms with E-state index < -0.39 is 0 Å². The van der Waals surface area contributed by atoms with Crippen molar-refractivity contribution in [1.29, 1.82) is 0 Å². The van der Waals surface area contributed by atoms with Gasteiger partial charge in [-0.1, -0.05) is 6.42 Å². The smallest absolute Gasteiger partial charge is 0.297 e. The maximum Gasteiger partial charge on any atom is 0.297 e. The van der Waals surface area contributed by atoms with E-state index in [9.17, 15) is 4.79 Å². The summed E-state index contributed by atoms with van der Waals surface area (Å²) in [5.41, 5.74) is 3.23. The Labute approximate surface area is 140 Å². The lowest BCUT2D eigenvalue weighted by atomic mass is 10.1. The van der Waals surface area contributed by atoms with E-state index in [2.05, 4.69) is 14.9 Å². The average Bonchev–Trinajstić information content (AvgIpc) is 2.94. The predicted octanol–water partition coefficient (Wildman–Crippen LogP) is 2.64. The highest BCUT2D eigenvalue weighted by Crippen LogP contribution is 2.26. The molecule has 3 aromatic rings. The van der Waals surface area contributed by atoms with Crippen molar-refractivity contribution >= 4 is 22.2 Å². The number of aromatic nitrogens is 3. The summed E-state index contributed by atoms with van der Waals surface area (Å²) in [5.74, 6) is 0. The zero-order valence-electron chi connectivity index (χ0n) is 14.2. The van der Waals surface area contributed by atoms with Crippen molar-refractivity contribution in [3.05, 3.63) is 34.0 Å².